The zero-order valence-corrected chi connectivity index (χ0v) is 19.8. The van der Waals surface area contributed by atoms with Crippen LogP contribution in [0.2, 0.25) is 10.0 Å². The Morgan fingerprint density at radius 1 is 1.03 bits per heavy atom. The van der Waals surface area contributed by atoms with Gasteiger partial charge in [0.25, 0.3) is 0 Å². The van der Waals surface area contributed by atoms with Crippen molar-refractivity contribution in [2.24, 2.45) is 0 Å². The molecule has 1 amide bonds. The van der Waals surface area contributed by atoms with Crippen molar-refractivity contribution in [2.75, 3.05) is 6.61 Å². The molecule has 0 bridgehead atoms. The lowest BCUT2D eigenvalue weighted by Gasteiger charge is -2.12. The number of allylic oxidation sites excluding steroid dienone is 1. The maximum Gasteiger partial charge on any atom is 0.244 e. The Kier molecular flexibility index (Phi) is 7.07. The molecule has 168 valence electrons. The summed E-state index contributed by atoms with van der Waals surface area (Å²) in [5.74, 6) is 0.483. The molecule has 0 unspecified atom stereocenters. The van der Waals surface area contributed by atoms with Gasteiger partial charge in [-0.2, -0.15) is 0 Å². The topological polar surface area (TPSA) is 51.5 Å². The zero-order valence-electron chi connectivity index (χ0n) is 18.3. The monoisotopic (exact) mass is 479 g/mol. The molecule has 4 aromatic rings. The highest BCUT2D eigenvalue weighted by Crippen LogP contribution is 2.37. The van der Waals surface area contributed by atoms with Gasteiger partial charge >= 0.3 is 0 Å². The first-order valence-corrected chi connectivity index (χ1v) is 11.3. The smallest absolute Gasteiger partial charge is 0.244 e. The van der Waals surface area contributed by atoms with E-state index in [1.165, 1.54) is 0 Å². The van der Waals surface area contributed by atoms with Crippen molar-refractivity contribution in [3.05, 3.63) is 94.2 Å². The SMILES string of the molecule is CCOc1cc2occ(-c3ccc(Cl)cc3)c2cc1/C(C)=C/C(=O)NCc1ccc(Cl)cc1. The molecule has 0 radical (unpaired) electrons. The van der Waals surface area contributed by atoms with E-state index >= 15 is 0 Å². The lowest BCUT2D eigenvalue weighted by molar-refractivity contribution is -0.116. The molecule has 6 heteroatoms. The summed E-state index contributed by atoms with van der Waals surface area (Å²) in [6.45, 7) is 4.74. The van der Waals surface area contributed by atoms with Crippen LogP contribution in [0, 0.1) is 0 Å². The number of furan rings is 1. The molecular weight excluding hydrogens is 457 g/mol. The van der Waals surface area contributed by atoms with E-state index in [9.17, 15) is 4.79 Å². The number of halogens is 2. The first-order chi connectivity index (χ1) is 15.9. The normalized spacial score (nSPS) is 11.6. The quantitative estimate of drug-likeness (QED) is 0.278. The van der Waals surface area contributed by atoms with Crippen LogP contribution in [-0.2, 0) is 11.3 Å². The van der Waals surface area contributed by atoms with Gasteiger partial charge in [-0.1, -0.05) is 47.5 Å². The third-order valence-corrected chi connectivity index (χ3v) is 5.79. The fourth-order valence-electron chi connectivity index (χ4n) is 3.61. The molecule has 0 atom stereocenters. The highest BCUT2D eigenvalue weighted by molar-refractivity contribution is 6.30. The van der Waals surface area contributed by atoms with E-state index in [0.717, 1.165) is 33.2 Å². The molecule has 0 aliphatic carbocycles. The van der Waals surface area contributed by atoms with Gasteiger partial charge in [0.15, 0.2) is 0 Å². The summed E-state index contributed by atoms with van der Waals surface area (Å²) >= 11 is 12.0. The molecule has 0 aliphatic heterocycles. The maximum atomic E-state index is 12.6. The van der Waals surface area contributed by atoms with Crippen LogP contribution in [0.25, 0.3) is 27.7 Å². The highest BCUT2D eigenvalue weighted by atomic mass is 35.5. The highest BCUT2D eigenvalue weighted by Gasteiger charge is 2.15. The number of hydrogen-bond acceptors (Lipinski definition) is 3. The number of rotatable bonds is 7. The van der Waals surface area contributed by atoms with Gasteiger partial charge in [-0.3, -0.25) is 4.79 Å². The number of carbonyl (C=O) groups excluding carboxylic acids is 1. The minimum atomic E-state index is -0.185. The Bertz CT molecular complexity index is 1310. The van der Waals surface area contributed by atoms with Crippen molar-refractivity contribution < 1.29 is 13.9 Å². The summed E-state index contributed by atoms with van der Waals surface area (Å²) in [5, 5.41) is 5.19. The van der Waals surface area contributed by atoms with Crippen molar-refractivity contribution in [3.8, 4) is 16.9 Å². The van der Waals surface area contributed by atoms with E-state index in [-0.39, 0.29) is 5.91 Å². The van der Waals surface area contributed by atoms with Gasteiger partial charge in [0.2, 0.25) is 5.91 Å². The summed E-state index contributed by atoms with van der Waals surface area (Å²) in [6.07, 6.45) is 3.31. The molecule has 1 N–H and O–H groups in total. The van der Waals surface area contributed by atoms with Crippen LogP contribution in [0.5, 0.6) is 5.75 Å². The number of ether oxygens (including phenoxy) is 1. The summed E-state index contributed by atoms with van der Waals surface area (Å²) in [6, 6.07) is 18.9. The first-order valence-electron chi connectivity index (χ1n) is 10.6. The van der Waals surface area contributed by atoms with Gasteiger partial charge in [-0.05, 0) is 60.9 Å². The second-order valence-electron chi connectivity index (χ2n) is 7.61. The lowest BCUT2D eigenvalue weighted by atomic mass is 9.99. The third-order valence-electron chi connectivity index (χ3n) is 5.28. The molecule has 1 heterocycles. The van der Waals surface area contributed by atoms with Crippen LogP contribution in [0.3, 0.4) is 0 Å². The van der Waals surface area contributed by atoms with E-state index in [2.05, 4.69) is 5.32 Å². The number of hydrogen-bond donors (Lipinski definition) is 1. The number of amides is 1. The van der Waals surface area contributed by atoms with E-state index in [1.807, 2.05) is 62.4 Å². The molecule has 33 heavy (non-hydrogen) atoms. The zero-order chi connectivity index (χ0) is 23.4. The van der Waals surface area contributed by atoms with E-state index in [0.29, 0.717) is 34.5 Å². The molecular formula is C27H23Cl2NO3. The van der Waals surface area contributed by atoms with Crippen LogP contribution in [0.4, 0.5) is 0 Å². The van der Waals surface area contributed by atoms with Crippen LogP contribution in [0.1, 0.15) is 25.0 Å². The number of fused-ring (bicyclic) bond motifs is 1. The Morgan fingerprint density at radius 2 is 1.70 bits per heavy atom. The molecule has 4 nitrogen and oxygen atoms in total. The van der Waals surface area contributed by atoms with Crippen molar-refractivity contribution in [2.45, 2.75) is 20.4 Å². The summed E-state index contributed by atoms with van der Waals surface area (Å²) in [5.41, 5.74) is 5.26. The van der Waals surface area contributed by atoms with Crippen molar-refractivity contribution in [1.29, 1.82) is 0 Å². The third kappa shape index (κ3) is 5.41. The minimum Gasteiger partial charge on any atom is -0.493 e. The van der Waals surface area contributed by atoms with Gasteiger partial charge in [-0.25, -0.2) is 0 Å². The van der Waals surface area contributed by atoms with E-state index in [1.54, 1.807) is 24.5 Å². The van der Waals surface area contributed by atoms with Crippen LogP contribution < -0.4 is 10.1 Å². The van der Waals surface area contributed by atoms with Gasteiger partial charge in [0.05, 0.1) is 12.9 Å². The molecule has 4 rings (SSSR count). The summed E-state index contributed by atoms with van der Waals surface area (Å²) in [7, 11) is 0. The lowest BCUT2D eigenvalue weighted by Crippen LogP contribution is -2.20. The Labute approximate surface area is 202 Å². The fraction of sp³-hybridized carbons (Fsp3) is 0.148. The Balaban J connectivity index is 1.64. The van der Waals surface area contributed by atoms with E-state index in [4.69, 9.17) is 32.4 Å². The predicted molar refractivity (Wildman–Crippen MR) is 135 cm³/mol. The molecule has 1 aromatic heterocycles. The molecule has 0 saturated carbocycles. The average Bonchev–Trinajstić information content (AvgIpc) is 3.21. The van der Waals surface area contributed by atoms with Gasteiger partial charge in [0, 0.05) is 45.2 Å². The van der Waals surface area contributed by atoms with Gasteiger partial charge < -0.3 is 14.5 Å². The van der Waals surface area contributed by atoms with Crippen molar-refractivity contribution in [1.82, 2.24) is 5.32 Å². The second-order valence-corrected chi connectivity index (χ2v) is 8.48. The van der Waals surface area contributed by atoms with E-state index < -0.39 is 0 Å². The Hall–Kier alpha value is -3.21. The number of carbonyl (C=O) groups is 1. The standard InChI is InChI=1S/C27H23Cl2NO3/c1-3-32-25-14-26-23(24(16-33-26)19-6-10-21(29)11-7-19)13-22(25)17(2)12-27(31)30-15-18-4-8-20(28)9-5-18/h4-14,16H,3,15H2,1-2H3,(H,30,31)/b17-12+. The molecule has 0 saturated heterocycles. The number of benzene rings is 3. The largest absolute Gasteiger partial charge is 0.493 e. The molecule has 0 aliphatic rings. The van der Waals surface area contributed by atoms with Gasteiger partial charge in [0.1, 0.15) is 11.3 Å². The Morgan fingerprint density at radius 3 is 2.36 bits per heavy atom. The summed E-state index contributed by atoms with van der Waals surface area (Å²) in [4.78, 5) is 12.6. The van der Waals surface area contributed by atoms with Crippen molar-refractivity contribution in [3.63, 3.8) is 0 Å². The number of nitrogens with one attached hydrogen (secondary N) is 1. The van der Waals surface area contributed by atoms with Crippen LogP contribution in [-0.4, -0.2) is 12.5 Å². The van der Waals surface area contributed by atoms with Crippen LogP contribution in [0.15, 0.2) is 77.4 Å². The predicted octanol–water partition coefficient (Wildman–Crippen LogP) is 7.53. The average molecular weight is 480 g/mol. The first kappa shape index (κ1) is 23.0. The molecule has 3 aromatic carbocycles. The minimum absolute atomic E-state index is 0.185. The van der Waals surface area contributed by atoms with Crippen molar-refractivity contribution >= 4 is 45.7 Å². The van der Waals surface area contributed by atoms with Crippen LogP contribution >= 0.6 is 23.2 Å². The van der Waals surface area contributed by atoms with Gasteiger partial charge in [-0.15, -0.1) is 0 Å². The fourth-order valence-corrected chi connectivity index (χ4v) is 3.86. The second kappa shape index (κ2) is 10.2. The maximum absolute atomic E-state index is 12.6. The molecule has 0 spiro atoms. The molecule has 0 fully saturated rings. The summed E-state index contributed by atoms with van der Waals surface area (Å²) < 4.78 is 11.7.